The second kappa shape index (κ2) is 6.91. The molecule has 1 rings (SSSR count). The third-order valence-electron chi connectivity index (χ3n) is 2.53. The fraction of sp³-hybridized carbons (Fsp3) is 0.462. The van der Waals surface area contributed by atoms with E-state index >= 15 is 0 Å². The summed E-state index contributed by atoms with van der Waals surface area (Å²) in [5.41, 5.74) is 0.794. The Morgan fingerprint density at radius 1 is 1.41 bits per heavy atom. The molecule has 0 aliphatic heterocycles. The molecule has 1 aromatic carbocycles. The molecule has 17 heavy (non-hydrogen) atoms. The SMILES string of the molecule is CCCNC(=O)C(C)NCc1ccccc1O. The zero-order chi connectivity index (χ0) is 12.7. The molecule has 0 saturated heterocycles. The molecule has 0 aromatic heterocycles. The Bertz CT molecular complexity index is 366. The highest BCUT2D eigenvalue weighted by atomic mass is 16.3. The highest BCUT2D eigenvalue weighted by Crippen LogP contribution is 2.14. The van der Waals surface area contributed by atoms with Crippen LogP contribution in [-0.4, -0.2) is 23.6 Å². The second-order valence-electron chi connectivity index (χ2n) is 4.02. The Labute approximate surface area is 102 Å². The van der Waals surface area contributed by atoms with Crippen molar-refractivity contribution in [3.63, 3.8) is 0 Å². The lowest BCUT2D eigenvalue weighted by molar-refractivity contribution is -0.122. The predicted octanol–water partition coefficient (Wildman–Crippen LogP) is 1.40. The molecule has 0 saturated carbocycles. The monoisotopic (exact) mass is 236 g/mol. The average molecular weight is 236 g/mol. The topological polar surface area (TPSA) is 61.4 Å². The van der Waals surface area contributed by atoms with Gasteiger partial charge >= 0.3 is 0 Å². The minimum atomic E-state index is -0.263. The van der Waals surface area contributed by atoms with E-state index in [4.69, 9.17) is 0 Å². The van der Waals surface area contributed by atoms with Gasteiger partial charge < -0.3 is 15.7 Å². The summed E-state index contributed by atoms with van der Waals surface area (Å²) >= 11 is 0. The minimum absolute atomic E-state index is 0.0118. The van der Waals surface area contributed by atoms with Crippen LogP contribution in [0.25, 0.3) is 0 Å². The smallest absolute Gasteiger partial charge is 0.236 e. The summed E-state index contributed by atoms with van der Waals surface area (Å²) in [5.74, 6) is 0.239. The fourth-order valence-corrected chi connectivity index (χ4v) is 1.42. The van der Waals surface area contributed by atoms with E-state index in [1.54, 1.807) is 12.1 Å². The van der Waals surface area contributed by atoms with Gasteiger partial charge in [0.05, 0.1) is 6.04 Å². The number of amides is 1. The first kappa shape index (κ1) is 13.5. The normalized spacial score (nSPS) is 12.1. The van der Waals surface area contributed by atoms with E-state index in [9.17, 15) is 9.90 Å². The maximum Gasteiger partial charge on any atom is 0.236 e. The van der Waals surface area contributed by atoms with Crippen LogP contribution < -0.4 is 10.6 Å². The van der Waals surface area contributed by atoms with Crippen LogP contribution in [0.2, 0.25) is 0 Å². The van der Waals surface area contributed by atoms with Gasteiger partial charge in [-0.1, -0.05) is 25.1 Å². The molecule has 0 radical (unpaired) electrons. The number of carbonyl (C=O) groups excluding carboxylic acids is 1. The molecule has 1 aromatic rings. The van der Waals surface area contributed by atoms with Gasteiger partial charge in [-0.15, -0.1) is 0 Å². The first-order chi connectivity index (χ1) is 8.15. The molecule has 0 aliphatic carbocycles. The molecule has 3 N–H and O–H groups in total. The fourth-order valence-electron chi connectivity index (χ4n) is 1.42. The van der Waals surface area contributed by atoms with Gasteiger partial charge in [0.15, 0.2) is 0 Å². The van der Waals surface area contributed by atoms with E-state index in [1.807, 2.05) is 26.0 Å². The zero-order valence-corrected chi connectivity index (χ0v) is 10.4. The van der Waals surface area contributed by atoms with Crippen molar-refractivity contribution in [3.8, 4) is 5.75 Å². The largest absolute Gasteiger partial charge is 0.508 e. The van der Waals surface area contributed by atoms with Gasteiger partial charge in [0.25, 0.3) is 0 Å². The van der Waals surface area contributed by atoms with Crippen molar-refractivity contribution in [2.24, 2.45) is 0 Å². The van der Waals surface area contributed by atoms with Crippen LogP contribution in [0.15, 0.2) is 24.3 Å². The van der Waals surface area contributed by atoms with Crippen molar-refractivity contribution < 1.29 is 9.90 Å². The minimum Gasteiger partial charge on any atom is -0.508 e. The lowest BCUT2D eigenvalue weighted by atomic mass is 10.2. The Kier molecular flexibility index (Phi) is 5.49. The zero-order valence-electron chi connectivity index (χ0n) is 10.4. The van der Waals surface area contributed by atoms with Crippen LogP contribution >= 0.6 is 0 Å². The third-order valence-corrected chi connectivity index (χ3v) is 2.53. The van der Waals surface area contributed by atoms with Crippen LogP contribution in [0.5, 0.6) is 5.75 Å². The van der Waals surface area contributed by atoms with Gasteiger partial charge in [0.1, 0.15) is 5.75 Å². The summed E-state index contributed by atoms with van der Waals surface area (Å²) in [7, 11) is 0. The molecule has 94 valence electrons. The molecule has 1 unspecified atom stereocenters. The molecule has 1 amide bonds. The average Bonchev–Trinajstić information content (AvgIpc) is 2.34. The molecule has 0 spiro atoms. The summed E-state index contributed by atoms with van der Waals surface area (Å²) in [5, 5.41) is 15.5. The number of phenolic OH excluding ortho intramolecular Hbond substituents is 1. The van der Waals surface area contributed by atoms with Crippen molar-refractivity contribution in [2.75, 3.05) is 6.54 Å². The molecule has 4 heteroatoms. The van der Waals surface area contributed by atoms with Crippen molar-refractivity contribution in [1.29, 1.82) is 0 Å². The molecule has 0 heterocycles. The van der Waals surface area contributed by atoms with Gasteiger partial charge in [0, 0.05) is 18.7 Å². The first-order valence-electron chi connectivity index (χ1n) is 5.93. The van der Waals surface area contributed by atoms with Crippen LogP contribution in [0.4, 0.5) is 0 Å². The maximum atomic E-state index is 11.6. The van der Waals surface area contributed by atoms with Gasteiger partial charge in [-0.25, -0.2) is 0 Å². The van der Waals surface area contributed by atoms with Crippen molar-refractivity contribution >= 4 is 5.91 Å². The highest BCUT2D eigenvalue weighted by Gasteiger charge is 2.11. The number of phenols is 1. The lowest BCUT2D eigenvalue weighted by Crippen LogP contribution is -2.42. The number of aromatic hydroxyl groups is 1. The maximum absolute atomic E-state index is 11.6. The summed E-state index contributed by atoms with van der Waals surface area (Å²) in [4.78, 5) is 11.6. The van der Waals surface area contributed by atoms with Crippen molar-refractivity contribution in [1.82, 2.24) is 10.6 Å². The van der Waals surface area contributed by atoms with Crippen LogP contribution in [-0.2, 0) is 11.3 Å². The van der Waals surface area contributed by atoms with E-state index in [-0.39, 0.29) is 17.7 Å². The number of nitrogens with one attached hydrogen (secondary N) is 2. The number of benzene rings is 1. The van der Waals surface area contributed by atoms with Gasteiger partial charge in [-0.05, 0) is 19.4 Å². The van der Waals surface area contributed by atoms with Gasteiger partial charge in [-0.3, -0.25) is 4.79 Å². The molecule has 4 nitrogen and oxygen atoms in total. The number of hydrogen-bond acceptors (Lipinski definition) is 3. The summed E-state index contributed by atoms with van der Waals surface area (Å²) < 4.78 is 0. The Morgan fingerprint density at radius 2 is 2.12 bits per heavy atom. The van der Waals surface area contributed by atoms with Crippen LogP contribution in [0, 0.1) is 0 Å². The Balaban J connectivity index is 2.40. The van der Waals surface area contributed by atoms with E-state index in [1.165, 1.54) is 0 Å². The van der Waals surface area contributed by atoms with E-state index < -0.39 is 0 Å². The van der Waals surface area contributed by atoms with Gasteiger partial charge in [0.2, 0.25) is 5.91 Å². The Morgan fingerprint density at radius 3 is 2.76 bits per heavy atom. The summed E-state index contributed by atoms with van der Waals surface area (Å²) in [6.07, 6.45) is 0.929. The van der Waals surface area contributed by atoms with Crippen LogP contribution in [0.1, 0.15) is 25.8 Å². The molecule has 0 fully saturated rings. The number of para-hydroxylation sites is 1. The van der Waals surface area contributed by atoms with Crippen molar-refractivity contribution in [3.05, 3.63) is 29.8 Å². The molecule has 0 aliphatic rings. The second-order valence-corrected chi connectivity index (χ2v) is 4.02. The molecular weight excluding hydrogens is 216 g/mol. The molecule has 1 atom stereocenters. The highest BCUT2D eigenvalue weighted by molar-refractivity contribution is 5.81. The van der Waals surface area contributed by atoms with Crippen molar-refractivity contribution in [2.45, 2.75) is 32.9 Å². The Hall–Kier alpha value is -1.55. The summed E-state index contributed by atoms with van der Waals surface area (Å²) in [6.45, 7) is 5.00. The summed E-state index contributed by atoms with van der Waals surface area (Å²) in [6, 6.07) is 6.84. The molecular formula is C13H20N2O2. The first-order valence-corrected chi connectivity index (χ1v) is 5.93. The number of rotatable bonds is 6. The third kappa shape index (κ3) is 4.44. The number of hydrogen-bond donors (Lipinski definition) is 3. The predicted molar refractivity (Wildman–Crippen MR) is 67.7 cm³/mol. The number of carbonyl (C=O) groups is 1. The van der Waals surface area contributed by atoms with E-state index in [2.05, 4.69) is 10.6 Å². The quantitative estimate of drug-likeness (QED) is 0.699. The van der Waals surface area contributed by atoms with E-state index in [0.29, 0.717) is 13.1 Å². The lowest BCUT2D eigenvalue weighted by Gasteiger charge is -2.14. The van der Waals surface area contributed by atoms with E-state index in [0.717, 1.165) is 12.0 Å². The molecule has 0 bridgehead atoms. The standard InChI is InChI=1S/C13H20N2O2/c1-3-8-14-13(17)10(2)15-9-11-6-4-5-7-12(11)16/h4-7,10,15-16H,3,8-9H2,1-2H3,(H,14,17). The van der Waals surface area contributed by atoms with Crippen LogP contribution in [0.3, 0.4) is 0 Å². The van der Waals surface area contributed by atoms with Gasteiger partial charge in [-0.2, -0.15) is 0 Å².